The number of hydrogen-bond acceptors (Lipinski definition) is 3. The molecule has 5 nitrogen and oxygen atoms in total. The average Bonchev–Trinajstić information content (AvgIpc) is 2.28. The standard InChI is InChI=1S/C13H16BrNO4/c1-13(2,9-3-5-10(14)6-4-9)15-11(16)7-19-8-12(17)18/h3-6H,7-8H2,1-2H3,(H,15,16)(H,17,18). The molecule has 0 saturated heterocycles. The molecule has 0 unspecified atom stereocenters. The van der Waals surface area contributed by atoms with Crippen molar-refractivity contribution in [2.45, 2.75) is 19.4 Å². The first-order chi connectivity index (χ1) is 8.81. The quantitative estimate of drug-likeness (QED) is 0.835. The molecule has 2 N–H and O–H groups in total. The van der Waals surface area contributed by atoms with E-state index in [9.17, 15) is 9.59 Å². The molecule has 1 amide bonds. The van der Waals surface area contributed by atoms with Crippen molar-refractivity contribution in [3.05, 3.63) is 34.3 Å². The number of aliphatic carboxylic acids is 1. The molecule has 0 aliphatic rings. The Labute approximate surface area is 120 Å². The maximum absolute atomic E-state index is 11.6. The highest BCUT2D eigenvalue weighted by Gasteiger charge is 2.22. The highest BCUT2D eigenvalue weighted by Crippen LogP contribution is 2.21. The Kier molecular flexibility index (Phi) is 5.50. The van der Waals surface area contributed by atoms with Crippen molar-refractivity contribution >= 4 is 27.8 Å². The number of carboxylic acids is 1. The Balaban J connectivity index is 2.56. The number of halogens is 1. The number of carbonyl (C=O) groups excluding carboxylic acids is 1. The van der Waals surface area contributed by atoms with E-state index in [4.69, 9.17) is 9.84 Å². The zero-order chi connectivity index (χ0) is 14.5. The minimum absolute atomic E-state index is 0.272. The van der Waals surface area contributed by atoms with Crippen LogP contribution in [0.2, 0.25) is 0 Å². The summed E-state index contributed by atoms with van der Waals surface area (Å²) in [5, 5.41) is 11.2. The summed E-state index contributed by atoms with van der Waals surface area (Å²) in [5.74, 6) is -1.45. The fourth-order valence-corrected chi connectivity index (χ4v) is 1.82. The largest absolute Gasteiger partial charge is 0.480 e. The molecule has 0 atom stereocenters. The number of benzene rings is 1. The monoisotopic (exact) mass is 329 g/mol. The van der Waals surface area contributed by atoms with Gasteiger partial charge in [-0.2, -0.15) is 0 Å². The molecular formula is C13H16BrNO4. The van der Waals surface area contributed by atoms with Crippen LogP contribution in [0.15, 0.2) is 28.7 Å². The van der Waals surface area contributed by atoms with E-state index < -0.39 is 18.1 Å². The summed E-state index contributed by atoms with van der Waals surface area (Å²) < 4.78 is 5.70. The van der Waals surface area contributed by atoms with E-state index in [0.29, 0.717) is 0 Å². The number of rotatable bonds is 6. The molecule has 104 valence electrons. The highest BCUT2D eigenvalue weighted by atomic mass is 79.9. The van der Waals surface area contributed by atoms with Crippen LogP contribution in [-0.4, -0.2) is 30.2 Å². The lowest BCUT2D eigenvalue weighted by atomic mass is 9.94. The number of carboxylic acid groups (broad SMARTS) is 1. The van der Waals surface area contributed by atoms with E-state index in [0.717, 1.165) is 10.0 Å². The molecule has 0 aliphatic heterocycles. The average molecular weight is 330 g/mol. The van der Waals surface area contributed by atoms with Gasteiger partial charge in [0.25, 0.3) is 0 Å². The molecule has 0 fully saturated rings. The SMILES string of the molecule is CC(C)(NC(=O)COCC(=O)O)c1ccc(Br)cc1. The zero-order valence-corrected chi connectivity index (χ0v) is 12.4. The van der Waals surface area contributed by atoms with E-state index >= 15 is 0 Å². The fraction of sp³-hybridized carbons (Fsp3) is 0.385. The van der Waals surface area contributed by atoms with Gasteiger partial charge in [-0.15, -0.1) is 0 Å². The predicted octanol–water partition coefficient (Wildman–Crippen LogP) is 1.90. The number of amides is 1. The van der Waals surface area contributed by atoms with Crippen molar-refractivity contribution in [1.82, 2.24) is 5.32 Å². The molecule has 0 bridgehead atoms. The van der Waals surface area contributed by atoms with Crippen LogP contribution in [0.5, 0.6) is 0 Å². The van der Waals surface area contributed by atoms with Crippen LogP contribution < -0.4 is 5.32 Å². The fourth-order valence-electron chi connectivity index (χ4n) is 1.55. The van der Waals surface area contributed by atoms with Gasteiger partial charge in [-0.05, 0) is 31.5 Å². The van der Waals surface area contributed by atoms with Crippen molar-refractivity contribution in [2.75, 3.05) is 13.2 Å². The van der Waals surface area contributed by atoms with E-state index in [1.54, 1.807) is 0 Å². The highest BCUT2D eigenvalue weighted by molar-refractivity contribution is 9.10. The van der Waals surface area contributed by atoms with E-state index in [-0.39, 0.29) is 12.5 Å². The first kappa shape index (κ1) is 15.7. The van der Waals surface area contributed by atoms with Crippen LogP contribution >= 0.6 is 15.9 Å². The molecule has 0 saturated carbocycles. The van der Waals surface area contributed by atoms with E-state index in [1.807, 2.05) is 38.1 Å². The van der Waals surface area contributed by atoms with Crippen LogP contribution in [0, 0.1) is 0 Å². The minimum atomic E-state index is -1.10. The second-order valence-corrected chi connectivity index (χ2v) is 5.48. The molecule has 0 spiro atoms. The first-order valence-corrected chi connectivity index (χ1v) is 6.47. The van der Waals surface area contributed by atoms with E-state index in [1.165, 1.54) is 0 Å². The maximum atomic E-state index is 11.6. The van der Waals surface area contributed by atoms with Crippen LogP contribution in [0.1, 0.15) is 19.4 Å². The van der Waals surface area contributed by atoms with Gasteiger partial charge in [0.15, 0.2) is 0 Å². The second kappa shape index (κ2) is 6.68. The number of hydrogen-bond donors (Lipinski definition) is 2. The van der Waals surface area contributed by atoms with Gasteiger partial charge in [0.05, 0.1) is 5.54 Å². The van der Waals surface area contributed by atoms with Gasteiger partial charge >= 0.3 is 5.97 Å². The molecule has 0 aliphatic carbocycles. The molecule has 6 heteroatoms. The molecule has 1 rings (SSSR count). The lowest BCUT2D eigenvalue weighted by Gasteiger charge is -2.27. The molecule has 0 heterocycles. The predicted molar refractivity (Wildman–Crippen MR) is 73.8 cm³/mol. The molecule has 1 aromatic rings. The van der Waals surface area contributed by atoms with Gasteiger partial charge in [0.1, 0.15) is 13.2 Å². The summed E-state index contributed by atoms with van der Waals surface area (Å²) in [7, 11) is 0. The van der Waals surface area contributed by atoms with Crippen molar-refractivity contribution in [3.63, 3.8) is 0 Å². The lowest BCUT2D eigenvalue weighted by molar-refractivity contribution is -0.143. The smallest absolute Gasteiger partial charge is 0.329 e. The summed E-state index contributed by atoms with van der Waals surface area (Å²) in [6.45, 7) is 2.98. The molecular weight excluding hydrogens is 314 g/mol. The van der Waals surface area contributed by atoms with Crippen molar-refractivity contribution in [2.24, 2.45) is 0 Å². The summed E-state index contributed by atoms with van der Waals surface area (Å²) in [6, 6.07) is 7.60. The summed E-state index contributed by atoms with van der Waals surface area (Å²) in [5.41, 5.74) is 0.395. The van der Waals surface area contributed by atoms with Gasteiger partial charge in [0.2, 0.25) is 5.91 Å². The normalized spacial score (nSPS) is 11.1. The van der Waals surface area contributed by atoms with E-state index in [2.05, 4.69) is 21.2 Å². The Hall–Kier alpha value is -1.40. The first-order valence-electron chi connectivity index (χ1n) is 5.68. The summed E-state index contributed by atoms with van der Waals surface area (Å²) >= 11 is 3.35. The van der Waals surface area contributed by atoms with Crippen molar-refractivity contribution < 1.29 is 19.4 Å². The molecule has 19 heavy (non-hydrogen) atoms. The Morgan fingerprint density at radius 3 is 2.37 bits per heavy atom. The van der Waals surface area contributed by atoms with Gasteiger partial charge in [-0.3, -0.25) is 4.79 Å². The van der Waals surface area contributed by atoms with Gasteiger partial charge in [-0.25, -0.2) is 4.79 Å². The Morgan fingerprint density at radius 1 is 1.26 bits per heavy atom. The third-order valence-electron chi connectivity index (χ3n) is 2.48. The van der Waals surface area contributed by atoms with Crippen LogP contribution in [0.4, 0.5) is 0 Å². The third-order valence-corrected chi connectivity index (χ3v) is 3.01. The third kappa shape index (κ3) is 5.40. The van der Waals surface area contributed by atoms with Crippen LogP contribution in [0.25, 0.3) is 0 Å². The maximum Gasteiger partial charge on any atom is 0.329 e. The minimum Gasteiger partial charge on any atom is -0.480 e. The number of ether oxygens (including phenoxy) is 1. The zero-order valence-electron chi connectivity index (χ0n) is 10.8. The molecule has 0 aromatic heterocycles. The van der Waals surface area contributed by atoms with Crippen molar-refractivity contribution in [1.29, 1.82) is 0 Å². The molecule has 1 aromatic carbocycles. The van der Waals surface area contributed by atoms with Gasteiger partial charge in [-0.1, -0.05) is 28.1 Å². The van der Waals surface area contributed by atoms with Gasteiger partial charge in [0, 0.05) is 4.47 Å². The van der Waals surface area contributed by atoms with Gasteiger partial charge < -0.3 is 15.2 Å². The summed E-state index contributed by atoms with van der Waals surface area (Å²) in [4.78, 5) is 21.9. The van der Waals surface area contributed by atoms with Crippen LogP contribution in [0.3, 0.4) is 0 Å². The van der Waals surface area contributed by atoms with Crippen molar-refractivity contribution in [3.8, 4) is 0 Å². The molecule has 0 radical (unpaired) electrons. The topological polar surface area (TPSA) is 75.6 Å². The summed E-state index contributed by atoms with van der Waals surface area (Å²) in [6.07, 6.45) is 0. The Morgan fingerprint density at radius 2 is 1.84 bits per heavy atom. The second-order valence-electron chi connectivity index (χ2n) is 4.57. The number of carbonyl (C=O) groups is 2. The van der Waals surface area contributed by atoms with Crippen LogP contribution in [-0.2, 0) is 19.9 Å². The Bertz CT molecular complexity index is 456. The number of nitrogens with one attached hydrogen (secondary N) is 1. The lowest BCUT2D eigenvalue weighted by Crippen LogP contribution is -2.42.